The number of aromatic nitrogens is 1. The van der Waals surface area contributed by atoms with Gasteiger partial charge in [0.15, 0.2) is 0 Å². The highest BCUT2D eigenvalue weighted by atomic mass is 79.9. The van der Waals surface area contributed by atoms with Crippen molar-refractivity contribution in [1.82, 2.24) is 4.98 Å². The van der Waals surface area contributed by atoms with Gasteiger partial charge < -0.3 is 4.74 Å². The lowest BCUT2D eigenvalue weighted by Gasteiger charge is -2.08. The average molecular weight is 344 g/mol. The van der Waals surface area contributed by atoms with Crippen molar-refractivity contribution in [3.63, 3.8) is 0 Å². The van der Waals surface area contributed by atoms with Crippen LogP contribution in [0.15, 0.2) is 34.9 Å². The SMILES string of the molecule is N#Cc1ccnc(Oc2cc(Br)ccc2Cl)c1Cl. The lowest BCUT2D eigenvalue weighted by Crippen LogP contribution is -1.91. The number of halogens is 3. The van der Waals surface area contributed by atoms with Crippen LogP contribution in [0.5, 0.6) is 11.6 Å². The van der Waals surface area contributed by atoms with Gasteiger partial charge in [-0.05, 0) is 24.3 Å². The summed E-state index contributed by atoms with van der Waals surface area (Å²) in [6.07, 6.45) is 1.45. The van der Waals surface area contributed by atoms with E-state index < -0.39 is 0 Å². The van der Waals surface area contributed by atoms with Gasteiger partial charge in [-0.1, -0.05) is 39.1 Å². The number of pyridine rings is 1. The molecule has 1 aromatic carbocycles. The van der Waals surface area contributed by atoms with Crippen LogP contribution in [0.2, 0.25) is 10.0 Å². The van der Waals surface area contributed by atoms with Gasteiger partial charge in [0.05, 0.1) is 10.6 Å². The monoisotopic (exact) mass is 342 g/mol. The Labute approximate surface area is 122 Å². The molecule has 1 heterocycles. The van der Waals surface area contributed by atoms with Gasteiger partial charge in [0, 0.05) is 10.7 Å². The van der Waals surface area contributed by atoms with Gasteiger partial charge in [-0.25, -0.2) is 4.98 Å². The quantitative estimate of drug-likeness (QED) is 0.785. The zero-order chi connectivity index (χ0) is 13.1. The second-order valence-electron chi connectivity index (χ2n) is 3.27. The number of hydrogen-bond donors (Lipinski definition) is 0. The minimum absolute atomic E-state index is 0.149. The summed E-state index contributed by atoms with van der Waals surface area (Å²) < 4.78 is 6.32. The van der Waals surface area contributed by atoms with Gasteiger partial charge in [0.2, 0.25) is 5.88 Å². The molecule has 0 atom stereocenters. The van der Waals surface area contributed by atoms with E-state index in [2.05, 4.69) is 20.9 Å². The molecular formula is C12H5BrCl2N2O. The van der Waals surface area contributed by atoms with Crippen molar-refractivity contribution >= 4 is 39.1 Å². The second kappa shape index (κ2) is 5.57. The minimum Gasteiger partial charge on any atom is -0.436 e. The maximum atomic E-state index is 8.86. The minimum atomic E-state index is 0.149. The normalized spacial score (nSPS) is 9.89. The Kier molecular flexibility index (Phi) is 4.07. The first kappa shape index (κ1) is 13.2. The van der Waals surface area contributed by atoms with Crippen LogP contribution < -0.4 is 4.74 Å². The zero-order valence-electron chi connectivity index (χ0n) is 8.82. The molecule has 0 saturated heterocycles. The molecule has 2 rings (SSSR count). The van der Waals surface area contributed by atoms with Gasteiger partial charge in [0.25, 0.3) is 0 Å². The summed E-state index contributed by atoms with van der Waals surface area (Å²) in [6, 6.07) is 8.63. The van der Waals surface area contributed by atoms with Crippen LogP contribution in [0.4, 0.5) is 0 Å². The molecule has 0 unspecified atom stereocenters. The van der Waals surface area contributed by atoms with E-state index in [-0.39, 0.29) is 10.9 Å². The Morgan fingerprint density at radius 2 is 2.06 bits per heavy atom. The fourth-order valence-corrected chi connectivity index (χ4v) is 1.93. The van der Waals surface area contributed by atoms with Crippen molar-refractivity contribution in [1.29, 1.82) is 5.26 Å². The number of nitriles is 1. The van der Waals surface area contributed by atoms with E-state index >= 15 is 0 Å². The summed E-state index contributed by atoms with van der Waals surface area (Å²) in [5, 5.41) is 9.45. The van der Waals surface area contributed by atoms with Crippen molar-refractivity contribution in [2.75, 3.05) is 0 Å². The van der Waals surface area contributed by atoms with Crippen LogP contribution in [-0.2, 0) is 0 Å². The standard InChI is InChI=1S/C12H5BrCl2N2O/c13-8-1-2-9(14)10(5-8)18-12-11(15)7(6-16)3-4-17-12/h1-5H. The van der Waals surface area contributed by atoms with Crippen LogP contribution in [0.1, 0.15) is 5.56 Å². The number of hydrogen-bond acceptors (Lipinski definition) is 3. The van der Waals surface area contributed by atoms with Crippen molar-refractivity contribution in [3.8, 4) is 17.7 Å². The Bertz CT molecular complexity index is 640. The molecular weight excluding hydrogens is 339 g/mol. The van der Waals surface area contributed by atoms with Crippen LogP contribution in [-0.4, -0.2) is 4.98 Å². The molecule has 0 aliphatic rings. The predicted molar refractivity (Wildman–Crippen MR) is 73.2 cm³/mol. The van der Waals surface area contributed by atoms with Gasteiger partial charge in [0.1, 0.15) is 16.8 Å². The van der Waals surface area contributed by atoms with Crippen LogP contribution >= 0.6 is 39.1 Å². The van der Waals surface area contributed by atoms with E-state index in [1.165, 1.54) is 12.3 Å². The first-order valence-electron chi connectivity index (χ1n) is 4.79. The predicted octanol–water partition coefficient (Wildman–Crippen LogP) is 4.81. The molecule has 0 radical (unpaired) electrons. The summed E-state index contributed by atoms with van der Waals surface area (Å²) in [5.74, 6) is 0.561. The number of benzene rings is 1. The second-order valence-corrected chi connectivity index (χ2v) is 4.97. The molecule has 90 valence electrons. The number of ether oxygens (including phenoxy) is 1. The van der Waals surface area contributed by atoms with Crippen molar-refractivity contribution in [2.24, 2.45) is 0 Å². The summed E-state index contributed by atoms with van der Waals surface area (Å²) >= 11 is 15.3. The number of nitrogens with zero attached hydrogens (tertiary/aromatic N) is 2. The van der Waals surface area contributed by atoms with Crippen LogP contribution in [0, 0.1) is 11.3 Å². The highest BCUT2D eigenvalue weighted by Crippen LogP contribution is 2.34. The Balaban J connectivity index is 2.41. The molecule has 0 spiro atoms. The summed E-state index contributed by atoms with van der Waals surface area (Å²) in [5.41, 5.74) is 0.299. The van der Waals surface area contributed by atoms with E-state index in [1.54, 1.807) is 18.2 Å². The molecule has 0 N–H and O–H groups in total. The van der Waals surface area contributed by atoms with Crippen LogP contribution in [0.25, 0.3) is 0 Å². The maximum absolute atomic E-state index is 8.86. The average Bonchev–Trinajstić information content (AvgIpc) is 2.36. The maximum Gasteiger partial charge on any atom is 0.239 e. The van der Waals surface area contributed by atoms with Crippen molar-refractivity contribution in [3.05, 3.63) is 50.5 Å². The first-order chi connectivity index (χ1) is 8.61. The lowest BCUT2D eigenvalue weighted by molar-refractivity contribution is 0.463. The Morgan fingerprint density at radius 1 is 1.28 bits per heavy atom. The van der Waals surface area contributed by atoms with Crippen LogP contribution in [0.3, 0.4) is 0 Å². The third kappa shape index (κ3) is 2.75. The third-order valence-electron chi connectivity index (χ3n) is 2.08. The van der Waals surface area contributed by atoms with E-state index in [1.807, 2.05) is 6.07 Å². The molecule has 18 heavy (non-hydrogen) atoms. The number of rotatable bonds is 2. The van der Waals surface area contributed by atoms with Gasteiger partial charge in [-0.2, -0.15) is 5.26 Å². The molecule has 0 fully saturated rings. The molecule has 0 aliphatic carbocycles. The van der Waals surface area contributed by atoms with E-state index in [4.69, 9.17) is 33.2 Å². The van der Waals surface area contributed by atoms with E-state index in [9.17, 15) is 0 Å². The fraction of sp³-hybridized carbons (Fsp3) is 0. The molecule has 0 aliphatic heterocycles. The summed E-state index contributed by atoms with van der Waals surface area (Å²) in [6.45, 7) is 0. The van der Waals surface area contributed by atoms with E-state index in [0.29, 0.717) is 16.3 Å². The summed E-state index contributed by atoms with van der Waals surface area (Å²) in [7, 11) is 0. The van der Waals surface area contributed by atoms with Crippen molar-refractivity contribution in [2.45, 2.75) is 0 Å². The fourth-order valence-electron chi connectivity index (χ4n) is 1.24. The highest BCUT2D eigenvalue weighted by Gasteiger charge is 2.11. The first-order valence-corrected chi connectivity index (χ1v) is 6.34. The lowest BCUT2D eigenvalue weighted by atomic mass is 10.3. The van der Waals surface area contributed by atoms with Gasteiger partial charge in [-0.3, -0.25) is 0 Å². The Hall–Kier alpha value is -1.28. The van der Waals surface area contributed by atoms with Crippen molar-refractivity contribution < 1.29 is 4.74 Å². The van der Waals surface area contributed by atoms with Gasteiger partial charge >= 0.3 is 0 Å². The summed E-state index contributed by atoms with van der Waals surface area (Å²) in [4.78, 5) is 3.97. The zero-order valence-corrected chi connectivity index (χ0v) is 11.9. The Morgan fingerprint density at radius 3 is 2.78 bits per heavy atom. The topological polar surface area (TPSA) is 45.9 Å². The smallest absolute Gasteiger partial charge is 0.239 e. The highest BCUT2D eigenvalue weighted by molar-refractivity contribution is 9.10. The molecule has 2 aromatic rings. The molecule has 0 saturated carbocycles. The largest absolute Gasteiger partial charge is 0.436 e. The molecule has 6 heteroatoms. The molecule has 3 nitrogen and oxygen atoms in total. The van der Waals surface area contributed by atoms with E-state index in [0.717, 1.165) is 4.47 Å². The third-order valence-corrected chi connectivity index (χ3v) is 3.25. The molecule has 0 bridgehead atoms. The molecule has 1 aromatic heterocycles. The van der Waals surface area contributed by atoms with Gasteiger partial charge in [-0.15, -0.1) is 0 Å². The molecule has 0 amide bonds.